The average Bonchev–Trinajstić information content (AvgIpc) is 2.62. The lowest BCUT2D eigenvalue weighted by Gasteiger charge is -2.40. The number of rotatable bonds is 2. The van der Waals surface area contributed by atoms with Crippen LogP contribution < -0.4 is 4.90 Å². The van der Waals surface area contributed by atoms with Crippen LogP contribution in [0.4, 0.5) is 0 Å². The van der Waals surface area contributed by atoms with Crippen LogP contribution in [0.25, 0.3) is 0 Å². The number of piperidine rings is 1. The normalized spacial score (nSPS) is 40.7. The Kier molecular flexibility index (Phi) is 3.60. The van der Waals surface area contributed by atoms with Gasteiger partial charge < -0.3 is 9.64 Å². The highest BCUT2D eigenvalue weighted by Gasteiger charge is 2.50. The number of nitrogens with one attached hydrogen (secondary N) is 1. The van der Waals surface area contributed by atoms with E-state index in [4.69, 9.17) is 4.74 Å². The molecule has 3 aliphatic rings. The predicted octanol–water partition coefficient (Wildman–Crippen LogP) is 1.18. The minimum atomic E-state index is -0.0776. The van der Waals surface area contributed by atoms with E-state index in [-0.39, 0.29) is 12.1 Å². The maximum Gasteiger partial charge on any atom is 0.302 e. The molecule has 0 spiro atoms. The molecular weight excluding hydrogens is 226 g/mol. The molecule has 1 saturated heterocycles. The van der Waals surface area contributed by atoms with Crippen molar-refractivity contribution in [2.45, 2.75) is 64.0 Å². The number of hydrogen-bond donors (Lipinski definition) is 1. The third-order valence-corrected chi connectivity index (χ3v) is 5.44. The summed E-state index contributed by atoms with van der Waals surface area (Å²) in [6.07, 6.45) is 9.65. The number of quaternary nitrogens is 1. The molecule has 0 aromatic rings. The molecule has 3 heteroatoms. The molecule has 0 aromatic heterocycles. The van der Waals surface area contributed by atoms with Crippen LogP contribution in [0.3, 0.4) is 0 Å². The first-order valence-corrected chi connectivity index (χ1v) is 7.77. The Morgan fingerprint density at radius 2 is 1.78 bits per heavy atom. The summed E-state index contributed by atoms with van der Waals surface area (Å²) in [5, 5.41) is 0. The quantitative estimate of drug-likeness (QED) is 0.748. The molecule has 2 aliphatic carbocycles. The molecule has 1 N–H and O–H groups in total. The molecule has 102 valence electrons. The minimum Gasteiger partial charge on any atom is -0.462 e. The van der Waals surface area contributed by atoms with Crippen molar-refractivity contribution in [3.8, 4) is 0 Å². The number of hydrogen-bond acceptors (Lipinski definition) is 2. The van der Waals surface area contributed by atoms with Crippen molar-refractivity contribution in [2.75, 3.05) is 13.1 Å². The van der Waals surface area contributed by atoms with E-state index in [9.17, 15) is 4.79 Å². The fourth-order valence-corrected chi connectivity index (χ4v) is 4.69. The number of esters is 1. The molecule has 0 radical (unpaired) electrons. The van der Waals surface area contributed by atoms with Crippen LogP contribution in [0.15, 0.2) is 0 Å². The molecule has 4 atom stereocenters. The van der Waals surface area contributed by atoms with E-state index in [0.29, 0.717) is 11.8 Å². The zero-order valence-electron chi connectivity index (χ0n) is 11.5. The highest BCUT2D eigenvalue weighted by atomic mass is 16.5. The van der Waals surface area contributed by atoms with Gasteiger partial charge >= 0.3 is 5.97 Å². The average molecular weight is 252 g/mol. The molecule has 3 rings (SSSR count). The maximum absolute atomic E-state index is 11.3. The molecule has 3 nitrogen and oxygen atoms in total. The van der Waals surface area contributed by atoms with Gasteiger partial charge in [-0.1, -0.05) is 0 Å². The van der Waals surface area contributed by atoms with Crippen LogP contribution >= 0.6 is 0 Å². The van der Waals surface area contributed by atoms with Gasteiger partial charge in [0.15, 0.2) is 0 Å². The smallest absolute Gasteiger partial charge is 0.302 e. The maximum atomic E-state index is 11.3. The molecule has 18 heavy (non-hydrogen) atoms. The first-order valence-electron chi connectivity index (χ1n) is 7.77. The highest BCUT2D eigenvalue weighted by Crippen LogP contribution is 2.43. The van der Waals surface area contributed by atoms with Crippen molar-refractivity contribution in [3.63, 3.8) is 0 Å². The Balaban J connectivity index is 1.70. The molecule has 0 unspecified atom stereocenters. The molecule has 3 fully saturated rings. The Morgan fingerprint density at radius 1 is 1.06 bits per heavy atom. The van der Waals surface area contributed by atoms with Crippen LogP contribution in [-0.4, -0.2) is 31.2 Å². The van der Waals surface area contributed by atoms with Crippen molar-refractivity contribution in [2.24, 2.45) is 11.8 Å². The van der Waals surface area contributed by atoms with Gasteiger partial charge in [0, 0.05) is 19.3 Å². The second kappa shape index (κ2) is 5.20. The number of fused-ring (bicyclic) bond motifs is 2. The first-order chi connectivity index (χ1) is 8.75. The van der Waals surface area contributed by atoms with Crippen molar-refractivity contribution >= 4 is 5.97 Å². The molecule has 1 heterocycles. The molecule has 2 saturated carbocycles. The molecule has 1 aliphatic heterocycles. The summed E-state index contributed by atoms with van der Waals surface area (Å²) in [5.41, 5.74) is 0. The van der Waals surface area contributed by atoms with Crippen molar-refractivity contribution < 1.29 is 14.4 Å². The Labute approximate surface area is 110 Å². The summed E-state index contributed by atoms with van der Waals surface area (Å²) in [6, 6.07) is 0.772. The lowest BCUT2D eigenvalue weighted by atomic mass is 9.80. The summed E-state index contributed by atoms with van der Waals surface area (Å²) in [5.74, 6) is 1.24. The minimum absolute atomic E-state index is 0.0776. The van der Waals surface area contributed by atoms with Gasteiger partial charge in [-0.3, -0.25) is 4.79 Å². The molecule has 0 aromatic carbocycles. The van der Waals surface area contributed by atoms with Gasteiger partial charge in [-0.25, -0.2) is 0 Å². The van der Waals surface area contributed by atoms with Crippen LogP contribution in [0.1, 0.15) is 51.9 Å². The van der Waals surface area contributed by atoms with E-state index in [2.05, 4.69) is 0 Å². The molecular formula is C15H26NO2+. The van der Waals surface area contributed by atoms with Gasteiger partial charge in [0.25, 0.3) is 0 Å². The molecule has 2 bridgehead atoms. The highest BCUT2D eigenvalue weighted by molar-refractivity contribution is 5.66. The Bertz CT molecular complexity index is 312. The van der Waals surface area contributed by atoms with E-state index in [1.165, 1.54) is 58.0 Å². The second-order valence-corrected chi connectivity index (χ2v) is 6.48. The summed E-state index contributed by atoms with van der Waals surface area (Å²) in [4.78, 5) is 13.1. The summed E-state index contributed by atoms with van der Waals surface area (Å²) in [7, 11) is 0. The Morgan fingerprint density at radius 3 is 2.50 bits per heavy atom. The van der Waals surface area contributed by atoms with Gasteiger partial charge in [-0.2, -0.15) is 0 Å². The summed E-state index contributed by atoms with van der Waals surface area (Å²) < 4.78 is 5.65. The summed E-state index contributed by atoms with van der Waals surface area (Å²) >= 11 is 0. The lowest BCUT2D eigenvalue weighted by molar-refractivity contribution is -0.935. The van der Waals surface area contributed by atoms with Gasteiger partial charge in [0.1, 0.15) is 6.10 Å². The number of carbonyl (C=O) groups is 1. The van der Waals surface area contributed by atoms with Crippen molar-refractivity contribution in [3.05, 3.63) is 0 Å². The van der Waals surface area contributed by atoms with Crippen LogP contribution in [0.2, 0.25) is 0 Å². The van der Waals surface area contributed by atoms with Gasteiger partial charge in [-0.05, 0) is 44.4 Å². The monoisotopic (exact) mass is 252 g/mol. The van der Waals surface area contributed by atoms with Crippen LogP contribution in [0, 0.1) is 11.8 Å². The standard InChI is InChI=1S/C15H25NO2/c1-11(17)18-15-12-5-7-13(15)14(8-6-12)16-9-3-2-4-10-16/h12-15H,2-10H2,1H3/p+1/t12-,13+,14+,15-/m0/s1. The zero-order valence-corrected chi connectivity index (χ0v) is 11.5. The first kappa shape index (κ1) is 12.5. The van der Waals surface area contributed by atoms with E-state index in [0.717, 1.165) is 6.04 Å². The van der Waals surface area contributed by atoms with Gasteiger partial charge in [0.2, 0.25) is 0 Å². The van der Waals surface area contributed by atoms with E-state index in [1.807, 2.05) is 4.90 Å². The van der Waals surface area contributed by atoms with Crippen LogP contribution in [0.5, 0.6) is 0 Å². The van der Waals surface area contributed by atoms with Crippen LogP contribution in [-0.2, 0) is 9.53 Å². The number of ether oxygens (including phenoxy) is 1. The Hall–Kier alpha value is -0.570. The fourth-order valence-electron chi connectivity index (χ4n) is 4.69. The topological polar surface area (TPSA) is 30.7 Å². The van der Waals surface area contributed by atoms with E-state index >= 15 is 0 Å². The van der Waals surface area contributed by atoms with Crippen molar-refractivity contribution in [1.29, 1.82) is 0 Å². The lowest BCUT2D eigenvalue weighted by Crippen LogP contribution is -3.17. The SMILES string of the molecule is CC(=O)O[C@H]1[C@H]2CC[C@@H]1[C@H]([NH+]1CCCCC1)CC2. The predicted molar refractivity (Wildman–Crippen MR) is 69.3 cm³/mol. The van der Waals surface area contributed by atoms with Gasteiger partial charge in [0.05, 0.1) is 19.1 Å². The summed E-state index contributed by atoms with van der Waals surface area (Å²) in [6.45, 7) is 4.26. The zero-order chi connectivity index (χ0) is 12.5. The second-order valence-electron chi connectivity index (χ2n) is 6.48. The third-order valence-electron chi connectivity index (χ3n) is 5.44. The fraction of sp³-hybridized carbons (Fsp3) is 0.933. The van der Waals surface area contributed by atoms with Gasteiger partial charge in [-0.15, -0.1) is 0 Å². The van der Waals surface area contributed by atoms with E-state index in [1.54, 1.807) is 6.92 Å². The van der Waals surface area contributed by atoms with Crippen molar-refractivity contribution in [1.82, 2.24) is 0 Å². The third kappa shape index (κ3) is 2.29. The molecule has 0 amide bonds. The van der Waals surface area contributed by atoms with E-state index < -0.39 is 0 Å². The number of carbonyl (C=O) groups excluding carboxylic acids is 1. The largest absolute Gasteiger partial charge is 0.462 e. The number of likely N-dealkylation sites (tertiary alicyclic amines) is 1.